The van der Waals surface area contributed by atoms with Crippen molar-refractivity contribution in [1.29, 1.82) is 0 Å². The molecule has 138 valence electrons. The summed E-state index contributed by atoms with van der Waals surface area (Å²) in [5.74, 6) is 0.715. The summed E-state index contributed by atoms with van der Waals surface area (Å²) < 4.78 is 23.4. The maximum Gasteiger partial charge on any atom is 0.255 e. The number of pyridine rings is 1. The van der Waals surface area contributed by atoms with E-state index in [1.54, 1.807) is 18.3 Å². The number of benzene rings is 1. The molecule has 1 aliphatic rings. The van der Waals surface area contributed by atoms with Crippen LogP contribution < -0.4 is 10.2 Å². The van der Waals surface area contributed by atoms with E-state index in [9.17, 15) is 13.2 Å². The molecule has 0 spiro atoms. The summed E-state index contributed by atoms with van der Waals surface area (Å²) in [6, 6.07) is 9.10. The normalized spacial score (nSPS) is 18.5. The topological polar surface area (TPSA) is 79.4 Å². The fourth-order valence-electron chi connectivity index (χ4n) is 3.17. The monoisotopic (exact) mass is 373 g/mol. The fraction of sp³-hybridized carbons (Fsp3) is 0.368. The first-order valence-electron chi connectivity index (χ1n) is 8.53. The van der Waals surface area contributed by atoms with Gasteiger partial charge in [0, 0.05) is 30.5 Å². The van der Waals surface area contributed by atoms with Crippen molar-refractivity contribution >= 4 is 27.2 Å². The molecule has 0 bridgehead atoms. The predicted molar refractivity (Wildman–Crippen MR) is 104 cm³/mol. The number of hydrogen-bond acceptors (Lipinski definition) is 5. The van der Waals surface area contributed by atoms with Gasteiger partial charge in [-0.3, -0.25) is 4.79 Å². The predicted octanol–water partition coefficient (Wildman–Crippen LogP) is 2.57. The zero-order chi connectivity index (χ0) is 18.9. The maximum atomic E-state index is 12.6. The minimum Gasteiger partial charge on any atom is -0.356 e. The summed E-state index contributed by atoms with van der Waals surface area (Å²) in [7, 11) is -1.15. The largest absolute Gasteiger partial charge is 0.356 e. The highest BCUT2D eigenvalue weighted by molar-refractivity contribution is 7.91. The van der Waals surface area contributed by atoms with Crippen molar-refractivity contribution in [1.82, 2.24) is 4.98 Å². The molecule has 1 atom stereocenters. The van der Waals surface area contributed by atoms with Crippen LogP contribution in [0.4, 0.5) is 11.5 Å². The molecule has 6 nitrogen and oxygen atoms in total. The van der Waals surface area contributed by atoms with Gasteiger partial charge in [-0.05, 0) is 44.0 Å². The standard InChI is InChI=1S/C19H23N3O3S/c1-13-4-5-17(14(2)10-13)21-19(23)15-6-8-20-18(11-15)22(3)16-7-9-26(24,25)12-16/h4-6,8,10-11,16H,7,9,12H2,1-3H3,(H,21,23). The molecule has 1 aromatic heterocycles. The minimum atomic E-state index is -2.97. The van der Waals surface area contributed by atoms with Gasteiger partial charge in [0.05, 0.1) is 11.5 Å². The molecule has 2 heterocycles. The van der Waals surface area contributed by atoms with E-state index >= 15 is 0 Å². The Morgan fingerprint density at radius 3 is 2.65 bits per heavy atom. The first-order chi connectivity index (χ1) is 12.2. The van der Waals surface area contributed by atoms with Crippen LogP contribution in [-0.4, -0.2) is 43.9 Å². The number of amides is 1. The molecule has 0 saturated carbocycles. The maximum absolute atomic E-state index is 12.6. The molecular weight excluding hydrogens is 350 g/mol. The third-order valence-electron chi connectivity index (χ3n) is 4.76. The smallest absolute Gasteiger partial charge is 0.255 e. The Morgan fingerprint density at radius 1 is 1.23 bits per heavy atom. The van der Waals surface area contributed by atoms with Crippen molar-refractivity contribution in [3.8, 4) is 0 Å². The molecule has 26 heavy (non-hydrogen) atoms. The van der Waals surface area contributed by atoms with Gasteiger partial charge in [-0.1, -0.05) is 17.7 Å². The Labute approximate surface area is 154 Å². The Morgan fingerprint density at radius 2 is 2.00 bits per heavy atom. The van der Waals surface area contributed by atoms with Crippen LogP contribution >= 0.6 is 0 Å². The number of nitrogens with one attached hydrogen (secondary N) is 1. The van der Waals surface area contributed by atoms with Gasteiger partial charge in [-0.2, -0.15) is 0 Å². The lowest BCUT2D eigenvalue weighted by atomic mass is 10.1. The molecule has 1 saturated heterocycles. The number of anilines is 2. The summed E-state index contributed by atoms with van der Waals surface area (Å²) in [6.07, 6.45) is 2.16. The average molecular weight is 373 g/mol. The van der Waals surface area contributed by atoms with Crippen LogP contribution in [-0.2, 0) is 9.84 Å². The van der Waals surface area contributed by atoms with Crippen molar-refractivity contribution in [3.63, 3.8) is 0 Å². The lowest BCUT2D eigenvalue weighted by molar-refractivity contribution is 0.102. The highest BCUT2D eigenvalue weighted by atomic mass is 32.2. The van der Waals surface area contributed by atoms with E-state index in [2.05, 4.69) is 10.3 Å². The minimum absolute atomic E-state index is 0.106. The van der Waals surface area contributed by atoms with Crippen molar-refractivity contribution < 1.29 is 13.2 Å². The molecule has 1 aromatic carbocycles. The van der Waals surface area contributed by atoms with E-state index in [-0.39, 0.29) is 23.5 Å². The second-order valence-corrected chi connectivity index (χ2v) is 9.07. The van der Waals surface area contributed by atoms with Crippen LogP contribution in [0.25, 0.3) is 0 Å². The molecule has 7 heteroatoms. The van der Waals surface area contributed by atoms with Crippen LogP contribution in [0.2, 0.25) is 0 Å². The van der Waals surface area contributed by atoms with Crippen molar-refractivity contribution in [2.75, 3.05) is 28.8 Å². The molecule has 3 rings (SSSR count). The Kier molecular flexibility index (Phi) is 5.00. The molecule has 1 fully saturated rings. The second-order valence-electron chi connectivity index (χ2n) is 6.84. The van der Waals surface area contributed by atoms with Gasteiger partial charge in [0.2, 0.25) is 0 Å². The van der Waals surface area contributed by atoms with E-state index in [0.717, 1.165) is 16.8 Å². The van der Waals surface area contributed by atoms with Crippen LogP contribution in [0.1, 0.15) is 27.9 Å². The van der Waals surface area contributed by atoms with Crippen LogP contribution in [0.5, 0.6) is 0 Å². The number of aromatic nitrogens is 1. The van der Waals surface area contributed by atoms with Crippen molar-refractivity contribution in [3.05, 3.63) is 53.2 Å². The molecule has 2 aromatic rings. The van der Waals surface area contributed by atoms with Crippen molar-refractivity contribution in [2.45, 2.75) is 26.3 Å². The number of nitrogens with zero attached hydrogens (tertiary/aromatic N) is 2. The van der Waals surface area contributed by atoms with E-state index < -0.39 is 9.84 Å². The Balaban J connectivity index is 1.77. The lowest BCUT2D eigenvalue weighted by Gasteiger charge is -2.24. The number of aryl methyl sites for hydroxylation is 2. The van der Waals surface area contributed by atoms with Gasteiger partial charge in [-0.15, -0.1) is 0 Å². The summed E-state index contributed by atoms with van der Waals surface area (Å²) >= 11 is 0. The third-order valence-corrected chi connectivity index (χ3v) is 6.51. The molecule has 1 N–H and O–H groups in total. The van der Waals surface area contributed by atoms with Gasteiger partial charge in [0.1, 0.15) is 5.82 Å². The zero-order valence-corrected chi connectivity index (χ0v) is 16.0. The van der Waals surface area contributed by atoms with Crippen LogP contribution in [0, 0.1) is 13.8 Å². The van der Waals surface area contributed by atoms with Gasteiger partial charge in [-0.25, -0.2) is 13.4 Å². The first kappa shape index (κ1) is 18.4. The average Bonchev–Trinajstić information content (AvgIpc) is 2.96. The fourth-order valence-corrected chi connectivity index (χ4v) is 4.94. The number of carbonyl (C=O) groups is 1. The van der Waals surface area contributed by atoms with E-state index in [1.165, 1.54) is 0 Å². The van der Waals surface area contributed by atoms with Gasteiger partial charge >= 0.3 is 0 Å². The molecule has 0 radical (unpaired) electrons. The molecule has 1 amide bonds. The van der Waals surface area contributed by atoms with Gasteiger partial charge in [0.15, 0.2) is 9.84 Å². The van der Waals surface area contributed by atoms with E-state index in [0.29, 0.717) is 17.8 Å². The number of rotatable bonds is 4. The van der Waals surface area contributed by atoms with Crippen molar-refractivity contribution in [2.24, 2.45) is 0 Å². The molecule has 0 aliphatic carbocycles. The second kappa shape index (κ2) is 7.07. The quantitative estimate of drug-likeness (QED) is 0.891. The van der Waals surface area contributed by atoms with Crippen LogP contribution in [0.3, 0.4) is 0 Å². The van der Waals surface area contributed by atoms with Crippen LogP contribution in [0.15, 0.2) is 36.5 Å². The first-order valence-corrected chi connectivity index (χ1v) is 10.4. The molecular formula is C19H23N3O3S. The van der Waals surface area contributed by atoms with E-state index in [1.807, 2.05) is 44.0 Å². The van der Waals surface area contributed by atoms with Gasteiger partial charge in [0.25, 0.3) is 5.91 Å². The zero-order valence-electron chi connectivity index (χ0n) is 15.2. The van der Waals surface area contributed by atoms with Gasteiger partial charge < -0.3 is 10.2 Å². The number of sulfone groups is 1. The summed E-state index contributed by atoms with van der Waals surface area (Å²) in [5.41, 5.74) is 3.40. The highest BCUT2D eigenvalue weighted by Crippen LogP contribution is 2.23. The molecule has 1 unspecified atom stereocenters. The van der Waals surface area contributed by atoms with E-state index in [4.69, 9.17) is 0 Å². The summed E-state index contributed by atoms with van der Waals surface area (Å²) in [6.45, 7) is 3.96. The Hall–Kier alpha value is -2.41. The highest BCUT2D eigenvalue weighted by Gasteiger charge is 2.31. The Bertz CT molecular complexity index is 941. The number of carbonyl (C=O) groups excluding carboxylic acids is 1. The third kappa shape index (κ3) is 4.04. The SMILES string of the molecule is Cc1ccc(NC(=O)c2ccnc(N(C)C3CCS(=O)(=O)C3)c2)c(C)c1. The summed E-state index contributed by atoms with van der Waals surface area (Å²) in [5, 5.41) is 2.92. The summed E-state index contributed by atoms with van der Waals surface area (Å²) in [4.78, 5) is 18.7. The lowest BCUT2D eigenvalue weighted by Crippen LogP contribution is -2.33. The molecule has 1 aliphatic heterocycles. The number of hydrogen-bond donors (Lipinski definition) is 1.